The van der Waals surface area contributed by atoms with Gasteiger partial charge in [-0.3, -0.25) is 0 Å². The Kier molecular flexibility index (Phi) is 7.32. The van der Waals surface area contributed by atoms with Gasteiger partial charge in [-0.2, -0.15) is 0 Å². The molecular weight excluding hydrogens is 360 g/mol. The van der Waals surface area contributed by atoms with Crippen molar-refractivity contribution < 1.29 is 59.5 Å². The maximum atomic E-state index is 11.6. The molecule has 1 saturated heterocycles. The molecule has 0 aromatic rings. The van der Waals surface area contributed by atoms with Crippen LogP contribution in [0.1, 0.15) is 13.8 Å². The topological polar surface area (TPSA) is 203 Å². The van der Waals surface area contributed by atoms with Gasteiger partial charge in [0.1, 0.15) is 31.0 Å². The third-order valence-corrected chi connectivity index (χ3v) is 3.40. The zero-order valence-electron chi connectivity index (χ0n) is 14.0. The highest BCUT2D eigenvalue weighted by atomic mass is 16.8. The number of hydrogen-bond donors (Lipinski definition) is 7. The monoisotopic (exact) mass is 382 g/mol. The summed E-state index contributed by atoms with van der Waals surface area (Å²) < 4.78 is 14.9. The zero-order valence-corrected chi connectivity index (χ0v) is 14.0. The molecular formula is C14H22O12. The highest BCUT2D eigenvalue weighted by Crippen LogP contribution is 2.30. The zero-order chi connectivity index (χ0) is 20.2. The third-order valence-electron chi connectivity index (χ3n) is 3.40. The van der Waals surface area contributed by atoms with Crippen molar-refractivity contribution in [1.82, 2.24) is 0 Å². The minimum Gasteiger partial charge on any atom is -0.506 e. The predicted molar refractivity (Wildman–Crippen MR) is 79.8 cm³/mol. The third kappa shape index (κ3) is 5.27. The second-order valence-electron chi connectivity index (χ2n) is 5.95. The highest BCUT2D eigenvalue weighted by Gasteiger charge is 2.49. The number of esters is 1. The molecule has 0 amide bonds. The van der Waals surface area contributed by atoms with Gasteiger partial charge < -0.3 is 50.0 Å². The van der Waals surface area contributed by atoms with Gasteiger partial charge in [0, 0.05) is 0 Å². The molecule has 0 unspecified atom stereocenters. The fraction of sp³-hybridized carbons (Fsp3) is 0.714. The predicted octanol–water partition coefficient (Wildman–Crippen LogP) is -2.46. The average Bonchev–Trinajstić information content (AvgIpc) is 2.92. The van der Waals surface area contributed by atoms with Crippen molar-refractivity contribution in [3.63, 3.8) is 0 Å². The first kappa shape index (κ1) is 22.1. The van der Waals surface area contributed by atoms with Crippen LogP contribution in [0.3, 0.4) is 0 Å². The molecule has 12 heteroatoms. The number of ether oxygens (including phenoxy) is 3. The molecule has 0 saturated carbocycles. The quantitative estimate of drug-likeness (QED) is 0.133. The van der Waals surface area contributed by atoms with Gasteiger partial charge in [-0.25, -0.2) is 9.59 Å². The van der Waals surface area contributed by atoms with Crippen LogP contribution in [0.2, 0.25) is 0 Å². The van der Waals surface area contributed by atoms with E-state index in [0.717, 1.165) is 0 Å². The van der Waals surface area contributed by atoms with E-state index in [1.54, 1.807) is 0 Å². The minimum absolute atomic E-state index is 0.831. The number of carboxylic acids is 1. The van der Waals surface area contributed by atoms with Crippen LogP contribution >= 0.6 is 0 Å². The smallest absolute Gasteiger partial charge is 0.377 e. The Balaban J connectivity index is 2.73. The lowest BCUT2D eigenvalue weighted by Gasteiger charge is -2.21. The summed E-state index contributed by atoms with van der Waals surface area (Å²) in [6.45, 7) is 1.05. The van der Waals surface area contributed by atoms with E-state index in [2.05, 4.69) is 4.74 Å². The van der Waals surface area contributed by atoms with E-state index in [9.17, 15) is 30.0 Å². The van der Waals surface area contributed by atoms with Crippen LogP contribution in [0.15, 0.2) is 11.5 Å². The molecule has 5 atom stereocenters. The Hall–Kier alpha value is -1.96. The Morgan fingerprint density at radius 1 is 1.12 bits per heavy atom. The fourth-order valence-corrected chi connectivity index (χ4v) is 2.11. The van der Waals surface area contributed by atoms with E-state index in [1.807, 2.05) is 0 Å². The van der Waals surface area contributed by atoms with Gasteiger partial charge in [0.15, 0.2) is 17.7 Å². The molecule has 26 heavy (non-hydrogen) atoms. The van der Waals surface area contributed by atoms with Crippen LogP contribution in [0.25, 0.3) is 0 Å². The fourth-order valence-electron chi connectivity index (χ4n) is 2.11. The summed E-state index contributed by atoms with van der Waals surface area (Å²) in [7, 11) is 0. The first-order chi connectivity index (χ1) is 11.9. The molecule has 7 N–H and O–H groups in total. The molecule has 0 bridgehead atoms. The Morgan fingerprint density at radius 3 is 2.19 bits per heavy atom. The minimum atomic E-state index is -2.15. The van der Waals surface area contributed by atoms with Crippen molar-refractivity contribution in [2.24, 2.45) is 0 Å². The van der Waals surface area contributed by atoms with Gasteiger partial charge >= 0.3 is 11.9 Å². The van der Waals surface area contributed by atoms with Crippen LogP contribution in [0.4, 0.5) is 0 Å². The lowest BCUT2D eigenvalue weighted by Crippen LogP contribution is -2.42. The van der Waals surface area contributed by atoms with Crippen molar-refractivity contribution in [3.8, 4) is 0 Å². The van der Waals surface area contributed by atoms with Gasteiger partial charge in [0.2, 0.25) is 5.76 Å². The van der Waals surface area contributed by atoms with E-state index >= 15 is 0 Å². The first-order valence-electron chi connectivity index (χ1n) is 7.44. The number of carboxylic acid groups (broad SMARTS) is 1. The van der Waals surface area contributed by atoms with Crippen LogP contribution in [0.5, 0.6) is 0 Å². The van der Waals surface area contributed by atoms with Crippen LogP contribution < -0.4 is 0 Å². The molecule has 0 aliphatic carbocycles. The average molecular weight is 382 g/mol. The largest absolute Gasteiger partial charge is 0.506 e. The number of carbonyl (C=O) groups is 2. The number of aliphatic hydroxyl groups excluding tert-OH is 6. The lowest BCUT2D eigenvalue weighted by molar-refractivity contribution is -0.169. The van der Waals surface area contributed by atoms with Crippen LogP contribution in [-0.4, -0.2) is 97.2 Å². The standard InChI is InChI=1S/C14H22O12/c1-14(2)25-10(11(26-14)12(21)22)6(17)4-24-13(23)9(20)8(19)7(18)5(16)3-15/h5-7,10-11,15-20H,3-4H2,1-2H3,(H,21,22)/b9-8-/t5-,6-,7-,10-,11-/m1/s1. The molecule has 1 rings (SSSR count). The number of rotatable bonds is 8. The Bertz CT molecular complexity index is 556. The summed E-state index contributed by atoms with van der Waals surface area (Å²) in [5, 5.41) is 65.1. The van der Waals surface area contributed by atoms with E-state index in [4.69, 9.17) is 24.8 Å². The highest BCUT2D eigenvalue weighted by molar-refractivity contribution is 5.86. The summed E-state index contributed by atoms with van der Waals surface area (Å²) >= 11 is 0. The molecule has 1 aliphatic heterocycles. The summed E-state index contributed by atoms with van der Waals surface area (Å²) in [6.07, 6.45) is -8.57. The molecule has 0 radical (unpaired) electrons. The van der Waals surface area contributed by atoms with Crippen molar-refractivity contribution in [3.05, 3.63) is 11.5 Å². The van der Waals surface area contributed by atoms with Crippen molar-refractivity contribution in [2.45, 2.75) is 50.2 Å². The molecule has 1 aliphatic rings. The van der Waals surface area contributed by atoms with Gasteiger partial charge in [-0.05, 0) is 13.8 Å². The number of aliphatic hydroxyl groups is 6. The lowest BCUT2D eigenvalue weighted by atomic mass is 10.1. The summed E-state index contributed by atoms with van der Waals surface area (Å²) in [6, 6.07) is 0. The second-order valence-corrected chi connectivity index (χ2v) is 5.95. The normalized spacial score (nSPS) is 26.5. The molecule has 0 aromatic carbocycles. The first-order valence-corrected chi connectivity index (χ1v) is 7.44. The summed E-state index contributed by atoms with van der Waals surface area (Å²) in [4.78, 5) is 22.7. The Labute approximate surface area is 147 Å². The van der Waals surface area contributed by atoms with Gasteiger partial charge in [-0.15, -0.1) is 0 Å². The van der Waals surface area contributed by atoms with E-state index < -0.39 is 73.0 Å². The van der Waals surface area contributed by atoms with E-state index in [-0.39, 0.29) is 0 Å². The Morgan fingerprint density at radius 2 is 1.69 bits per heavy atom. The molecule has 150 valence electrons. The SMILES string of the molecule is CC1(C)O[C@H]([C@H](O)COC(=O)/C(O)=C(/O)[C@H](O)[C@H](O)CO)[C@H](C(=O)O)O1. The van der Waals surface area contributed by atoms with Gasteiger partial charge in [0.05, 0.1) is 6.61 Å². The van der Waals surface area contributed by atoms with Crippen LogP contribution in [0, 0.1) is 0 Å². The van der Waals surface area contributed by atoms with Crippen molar-refractivity contribution in [1.29, 1.82) is 0 Å². The molecule has 1 fully saturated rings. The molecule has 12 nitrogen and oxygen atoms in total. The molecule has 0 spiro atoms. The summed E-state index contributed by atoms with van der Waals surface area (Å²) in [5.74, 6) is -7.10. The van der Waals surface area contributed by atoms with E-state index in [0.29, 0.717) is 0 Å². The number of carbonyl (C=O) groups excluding carboxylic acids is 1. The second kappa shape index (κ2) is 8.62. The maximum absolute atomic E-state index is 11.6. The maximum Gasteiger partial charge on any atom is 0.377 e. The molecule has 1 heterocycles. The number of hydrogen-bond acceptors (Lipinski definition) is 11. The van der Waals surface area contributed by atoms with Crippen molar-refractivity contribution in [2.75, 3.05) is 13.2 Å². The summed E-state index contributed by atoms with van der Waals surface area (Å²) in [5.41, 5.74) is 0. The van der Waals surface area contributed by atoms with Gasteiger partial charge in [0.25, 0.3) is 0 Å². The van der Waals surface area contributed by atoms with E-state index in [1.165, 1.54) is 13.8 Å². The van der Waals surface area contributed by atoms with Crippen LogP contribution in [-0.2, 0) is 23.8 Å². The number of aliphatic carboxylic acids is 1. The van der Waals surface area contributed by atoms with Crippen molar-refractivity contribution >= 4 is 11.9 Å². The van der Waals surface area contributed by atoms with Gasteiger partial charge in [-0.1, -0.05) is 0 Å². The molecule has 0 aromatic heterocycles.